The van der Waals surface area contributed by atoms with Gasteiger partial charge in [0, 0.05) is 54.1 Å². The predicted molar refractivity (Wildman–Crippen MR) is 162 cm³/mol. The van der Waals surface area contributed by atoms with Crippen LogP contribution >= 0.6 is 23.4 Å². The summed E-state index contributed by atoms with van der Waals surface area (Å²) < 4.78 is 0. The highest BCUT2D eigenvalue weighted by atomic mass is 35.5. The molecule has 4 aromatic rings. The molecule has 0 N–H and O–H groups in total. The van der Waals surface area contributed by atoms with Gasteiger partial charge in [0.15, 0.2) is 0 Å². The maximum Gasteiger partial charge on any atom is 0.0552 e. The average molecular weight is 540 g/mol. The quantitative estimate of drug-likeness (QED) is 0.209. The van der Waals surface area contributed by atoms with Crippen molar-refractivity contribution in [3.8, 4) is 11.1 Å². The zero-order valence-electron chi connectivity index (χ0n) is 21.7. The van der Waals surface area contributed by atoms with Crippen molar-refractivity contribution >= 4 is 34.7 Å². The minimum Gasteiger partial charge on any atom is -0.340 e. The summed E-state index contributed by atoms with van der Waals surface area (Å²) in [4.78, 5) is 10.5. The first-order valence-electron chi connectivity index (χ1n) is 13.7. The van der Waals surface area contributed by atoms with Crippen molar-refractivity contribution in [2.24, 2.45) is 0 Å². The summed E-state index contributed by atoms with van der Waals surface area (Å²) in [6.45, 7) is 7.90. The number of piperazine rings is 1. The Kier molecular flexibility index (Phi) is 8.03. The van der Waals surface area contributed by atoms with Gasteiger partial charge in [0.25, 0.3) is 0 Å². The van der Waals surface area contributed by atoms with E-state index in [0.717, 1.165) is 44.3 Å². The van der Waals surface area contributed by atoms with E-state index in [1.165, 1.54) is 57.2 Å². The third kappa shape index (κ3) is 5.94. The number of unbranched alkanes of at least 4 members (excludes halogenated alkanes) is 1. The van der Waals surface area contributed by atoms with Gasteiger partial charge in [-0.2, -0.15) is 0 Å². The second-order valence-corrected chi connectivity index (χ2v) is 11.7. The van der Waals surface area contributed by atoms with E-state index in [0.29, 0.717) is 0 Å². The minimum atomic E-state index is 0.780. The first-order valence-corrected chi connectivity index (χ1v) is 14.9. The summed E-state index contributed by atoms with van der Waals surface area (Å²) in [5.41, 5.74) is 6.54. The number of rotatable bonds is 8. The monoisotopic (exact) mass is 539 g/mol. The molecule has 2 aliphatic rings. The number of nitrogens with zero attached hydrogens (tertiary/aromatic N) is 3. The maximum atomic E-state index is 6.03. The molecule has 0 spiro atoms. The number of hydrogen-bond donors (Lipinski definition) is 0. The number of hydrogen-bond acceptors (Lipinski definition) is 4. The van der Waals surface area contributed by atoms with Crippen molar-refractivity contribution in [2.45, 2.75) is 29.2 Å². The van der Waals surface area contributed by atoms with Crippen LogP contribution in [0, 0.1) is 0 Å². The SMILES string of the molecule is Clc1ccc(-c2ccc(CN3CCN(CCCCN4c5ccccc5Sc5ccccc54)CC3)cc2)cc1. The number of fused-ring (bicyclic) bond motifs is 2. The van der Waals surface area contributed by atoms with Gasteiger partial charge in [-0.25, -0.2) is 0 Å². The Labute approximate surface area is 236 Å². The standard InChI is InChI=1S/C33H34ClN3S/c34-29-17-15-28(16-18-29)27-13-11-26(12-14-27)25-36-23-21-35(22-24-36)19-5-6-20-37-30-7-1-3-9-32(30)38-33-10-4-2-8-31(33)37/h1-4,7-18H,5-6,19-25H2. The largest absolute Gasteiger partial charge is 0.340 e. The van der Waals surface area contributed by atoms with Crippen LogP contribution in [0.15, 0.2) is 107 Å². The molecule has 0 saturated carbocycles. The summed E-state index contributed by atoms with van der Waals surface area (Å²) in [6.07, 6.45) is 2.44. The van der Waals surface area contributed by atoms with Crippen molar-refractivity contribution in [1.82, 2.24) is 9.80 Å². The Morgan fingerprint density at radius 3 is 1.74 bits per heavy atom. The third-order valence-corrected chi connectivity index (χ3v) is 9.02. The molecular weight excluding hydrogens is 506 g/mol. The second-order valence-electron chi connectivity index (χ2n) is 10.2. The molecule has 5 heteroatoms. The van der Waals surface area contributed by atoms with Gasteiger partial charge in [0.1, 0.15) is 0 Å². The van der Waals surface area contributed by atoms with Crippen LogP contribution in [0.3, 0.4) is 0 Å². The minimum absolute atomic E-state index is 0.780. The van der Waals surface area contributed by atoms with Crippen molar-refractivity contribution in [3.05, 3.63) is 108 Å². The molecule has 38 heavy (non-hydrogen) atoms. The Bertz CT molecular complexity index is 1300. The lowest BCUT2D eigenvalue weighted by molar-refractivity contribution is 0.126. The fourth-order valence-corrected chi connectivity index (χ4v) is 6.72. The summed E-state index contributed by atoms with van der Waals surface area (Å²) in [5.74, 6) is 0. The molecule has 0 aromatic heterocycles. The van der Waals surface area contributed by atoms with E-state index >= 15 is 0 Å². The topological polar surface area (TPSA) is 9.72 Å². The number of anilines is 2. The Balaban J connectivity index is 0.955. The molecule has 2 aliphatic heterocycles. The fraction of sp³-hybridized carbons (Fsp3) is 0.273. The van der Waals surface area contributed by atoms with Crippen LogP contribution in [0.2, 0.25) is 5.02 Å². The van der Waals surface area contributed by atoms with Crippen molar-refractivity contribution < 1.29 is 0 Å². The van der Waals surface area contributed by atoms with E-state index < -0.39 is 0 Å². The highest BCUT2D eigenvalue weighted by Crippen LogP contribution is 2.47. The maximum absolute atomic E-state index is 6.03. The number of benzene rings is 4. The van der Waals surface area contributed by atoms with Crippen LogP contribution in [-0.4, -0.2) is 49.1 Å². The molecule has 3 nitrogen and oxygen atoms in total. The highest BCUT2D eigenvalue weighted by Gasteiger charge is 2.22. The first-order chi connectivity index (χ1) is 18.7. The predicted octanol–water partition coefficient (Wildman–Crippen LogP) is 8.21. The summed E-state index contributed by atoms with van der Waals surface area (Å²) in [5, 5.41) is 0.780. The van der Waals surface area contributed by atoms with Crippen molar-refractivity contribution in [1.29, 1.82) is 0 Å². The van der Waals surface area contributed by atoms with Gasteiger partial charge >= 0.3 is 0 Å². The Hall–Kier alpha value is -2.76. The van der Waals surface area contributed by atoms with E-state index in [1.54, 1.807) is 0 Å². The van der Waals surface area contributed by atoms with E-state index in [2.05, 4.69) is 99.6 Å². The molecule has 4 aromatic carbocycles. The molecule has 0 unspecified atom stereocenters. The number of halogens is 1. The lowest BCUT2D eigenvalue weighted by Gasteiger charge is -2.35. The summed E-state index contributed by atoms with van der Waals surface area (Å²) in [7, 11) is 0. The van der Waals surface area contributed by atoms with Crippen LogP contribution < -0.4 is 4.90 Å². The van der Waals surface area contributed by atoms with E-state index in [-0.39, 0.29) is 0 Å². The van der Waals surface area contributed by atoms with Crippen LogP contribution in [0.25, 0.3) is 11.1 Å². The molecule has 6 rings (SSSR count). The van der Waals surface area contributed by atoms with Gasteiger partial charge in [-0.3, -0.25) is 4.90 Å². The fourth-order valence-electron chi connectivity index (χ4n) is 5.50. The molecular formula is C33H34ClN3S. The zero-order valence-corrected chi connectivity index (χ0v) is 23.3. The van der Waals surface area contributed by atoms with Crippen LogP contribution in [0.5, 0.6) is 0 Å². The number of para-hydroxylation sites is 2. The van der Waals surface area contributed by atoms with Crippen LogP contribution in [-0.2, 0) is 6.54 Å². The molecule has 0 amide bonds. The lowest BCUT2D eigenvalue weighted by atomic mass is 10.0. The molecule has 2 heterocycles. The summed E-state index contributed by atoms with van der Waals surface area (Å²) >= 11 is 7.92. The van der Waals surface area contributed by atoms with Gasteiger partial charge < -0.3 is 9.80 Å². The van der Waals surface area contributed by atoms with Crippen molar-refractivity contribution in [3.63, 3.8) is 0 Å². The molecule has 1 saturated heterocycles. The highest BCUT2D eigenvalue weighted by molar-refractivity contribution is 7.99. The third-order valence-electron chi connectivity index (χ3n) is 7.64. The van der Waals surface area contributed by atoms with E-state index in [9.17, 15) is 0 Å². The van der Waals surface area contributed by atoms with Crippen LogP contribution in [0.4, 0.5) is 11.4 Å². The molecule has 1 fully saturated rings. The van der Waals surface area contributed by atoms with Gasteiger partial charge in [0.05, 0.1) is 11.4 Å². The normalized spacial score (nSPS) is 15.8. The molecule has 0 bridgehead atoms. The van der Waals surface area contributed by atoms with Crippen LogP contribution in [0.1, 0.15) is 18.4 Å². The van der Waals surface area contributed by atoms with Gasteiger partial charge in [0.2, 0.25) is 0 Å². The zero-order chi connectivity index (χ0) is 25.7. The van der Waals surface area contributed by atoms with Gasteiger partial charge in [-0.1, -0.05) is 84.0 Å². The molecule has 194 valence electrons. The molecule has 0 atom stereocenters. The summed E-state index contributed by atoms with van der Waals surface area (Å²) in [6, 6.07) is 34.7. The van der Waals surface area contributed by atoms with Crippen molar-refractivity contribution in [2.75, 3.05) is 44.2 Å². The Morgan fingerprint density at radius 2 is 1.11 bits per heavy atom. The lowest BCUT2D eigenvalue weighted by Crippen LogP contribution is -2.46. The van der Waals surface area contributed by atoms with Gasteiger partial charge in [-0.05, 0) is 72.5 Å². The Morgan fingerprint density at radius 1 is 0.579 bits per heavy atom. The smallest absolute Gasteiger partial charge is 0.0552 e. The van der Waals surface area contributed by atoms with E-state index in [1.807, 2.05) is 23.9 Å². The van der Waals surface area contributed by atoms with E-state index in [4.69, 9.17) is 11.6 Å². The molecule has 0 radical (unpaired) electrons. The van der Waals surface area contributed by atoms with Gasteiger partial charge in [-0.15, -0.1) is 0 Å². The first kappa shape index (κ1) is 25.5. The average Bonchev–Trinajstić information content (AvgIpc) is 2.96. The molecule has 0 aliphatic carbocycles. The second kappa shape index (κ2) is 12.0.